The van der Waals surface area contributed by atoms with Crippen LogP contribution in [-0.2, 0) is 0 Å². The zero-order chi connectivity index (χ0) is 18.3. The van der Waals surface area contributed by atoms with E-state index in [1.807, 2.05) is 6.07 Å². The Hall–Kier alpha value is -1.41. The second-order valence-corrected chi connectivity index (χ2v) is 9.19. The summed E-state index contributed by atoms with van der Waals surface area (Å²) in [5, 5.41) is 0.461. The summed E-state index contributed by atoms with van der Waals surface area (Å²) in [5.74, 6) is -0.459. The van der Waals surface area contributed by atoms with Gasteiger partial charge in [0.15, 0.2) is 0 Å². The Morgan fingerprint density at radius 1 is 1.27 bits per heavy atom. The SMILES string of the molecule is O=C(c1cc(Cl)sc1Cl)N1CCC(Oc2nc3c(F)cccc3s2)CC1. The van der Waals surface area contributed by atoms with E-state index in [0.29, 0.717) is 50.9 Å². The van der Waals surface area contributed by atoms with Crippen LogP contribution in [0.1, 0.15) is 23.2 Å². The molecule has 4 nitrogen and oxygen atoms in total. The summed E-state index contributed by atoms with van der Waals surface area (Å²) in [6.45, 7) is 1.12. The summed E-state index contributed by atoms with van der Waals surface area (Å²) in [7, 11) is 0. The van der Waals surface area contributed by atoms with Crippen LogP contribution in [0.4, 0.5) is 4.39 Å². The number of amides is 1. The molecule has 2 aromatic heterocycles. The van der Waals surface area contributed by atoms with Crippen LogP contribution < -0.4 is 4.74 Å². The van der Waals surface area contributed by atoms with Gasteiger partial charge in [-0.15, -0.1) is 11.3 Å². The molecule has 0 atom stereocenters. The van der Waals surface area contributed by atoms with E-state index < -0.39 is 0 Å². The molecule has 0 radical (unpaired) electrons. The number of hydrogen-bond donors (Lipinski definition) is 0. The van der Waals surface area contributed by atoms with Crippen molar-refractivity contribution in [2.75, 3.05) is 13.1 Å². The molecule has 3 aromatic rings. The predicted octanol–water partition coefficient (Wildman–Crippen LogP) is 5.49. The largest absolute Gasteiger partial charge is 0.467 e. The Kier molecular flexibility index (Phi) is 5.05. The molecule has 1 aliphatic rings. The third kappa shape index (κ3) is 3.53. The maximum absolute atomic E-state index is 13.7. The first-order chi connectivity index (χ1) is 12.5. The lowest BCUT2D eigenvalue weighted by Gasteiger charge is -2.31. The summed E-state index contributed by atoms with van der Waals surface area (Å²) in [4.78, 5) is 18.5. The number of carbonyl (C=O) groups is 1. The van der Waals surface area contributed by atoms with Crippen molar-refractivity contribution in [3.8, 4) is 5.19 Å². The number of piperidine rings is 1. The van der Waals surface area contributed by atoms with Gasteiger partial charge in [0.05, 0.1) is 14.6 Å². The summed E-state index contributed by atoms with van der Waals surface area (Å²) in [6, 6.07) is 6.47. The average molecular weight is 431 g/mol. The van der Waals surface area contributed by atoms with Crippen molar-refractivity contribution in [2.24, 2.45) is 0 Å². The third-order valence-corrected chi connectivity index (χ3v) is 6.63. The molecule has 1 amide bonds. The number of carbonyl (C=O) groups excluding carboxylic acids is 1. The highest BCUT2D eigenvalue weighted by Gasteiger charge is 2.27. The van der Waals surface area contributed by atoms with Gasteiger partial charge in [0.25, 0.3) is 11.1 Å². The van der Waals surface area contributed by atoms with Gasteiger partial charge in [-0.05, 0) is 18.2 Å². The van der Waals surface area contributed by atoms with E-state index in [2.05, 4.69) is 4.98 Å². The highest BCUT2D eigenvalue weighted by atomic mass is 35.5. The van der Waals surface area contributed by atoms with Gasteiger partial charge in [0.1, 0.15) is 21.8 Å². The van der Waals surface area contributed by atoms with Gasteiger partial charge >= 0.3 is 0 Å². The van der Waals surface area contributed by atoms with Crippen LogP contribution in [0.3, 0.4) is 0 Å². The molecule has 9 heteroatoms. The van der Waals surface area contributed by atoms with Crippen molar-refractivity contribution in [1.82, 2.24) is 9.88 Å². The molecule has 1 aliphatic heterocycles. The molecule has 26 heavy (non-hydrogen) atoms. The molecule has 1 saturated heterocycles. The van der Waals surface area contributed by atoms with Crippen LogP contribution in [0.15, 0.2) is 24.3 Å². The van der Waals surface area contributed by atoms with Crippen LogP contribution in [0.5, 0.6) is 5.19 Å². The van der Waals surface area contributed by atoms with Gasteiger partial charge in [-0.3, -0.25) is 4.79 Å². The number of aromatic nitrogens is 1. The first-order valence-corrected chi connectivity index (χ1v) is 10.4. The van der Waals surface area contributed by atoms with Crippen molar-refractivity contribution in [3.05, 3.63) is 44.3 Å². The van der Waals surface area contributed by atoms with Crippen LogP contribution in [0.25, 0.3) is 10.2 Å². The number of nitrogens with zero attached hydrogens (tertiary/aromatic N) is 2. The molecule has 1 aromatic carbocycles. The maximum Gasteiger partial charge on any atom is 0.274 e. The number of ether oxygens (including phenoxy) is 1. The van der Waals surface area contributed by atoms with Gasteiger partial charge in [-0.1, -0.05) is 40.6 Å². The minimum Gasteiger partial charge on any atom is -0.467 e. The Balaban J connectivity index is 1.39. The Bertz CT molecular complexity index is 967. The Morgan fingerprint density at radius 3 is 2.69 bits per heavy atom. The molecule has 0 aliphatic carbocycles. The highest BCUT2D eigenvalue weighted by Crippen LogP contribution is 2.33. The number of para-hydroxylation sites is 1. The molecule has 1 fully saturated rings. The molecule has 4 rings (SSSR count). The number of likely N-dealkylation sites (tertiary alicyclic amines) is 1. The molecular formula is C17H13Cl2FN2O2S2. The monoisotopic (exact) mass is 430 g/mol. The maximum atomic E-state index is 13.7. The Morgan fingerprint density at radius 2 is 2.04 bits per heavy atom. The number of benzene rings is 1. The van der Waals surface area contributed by atoms with E-state index in [4.69, 9.17) is 27.9 Å². The number of halogens is 3. The van der Waals surface area contributed by atoms with Crippen LogP contribution in [-0.4, -0.2) is 35.0 Å². The van der Waals surface area contributed by atoms with E-state index in [1.54, 1.807) is 17.0 Å². The zero-order valence-electron chi connectivity index (χ0n) is 13.4. The highest BCUT2D eigenvalue weighted by molar-refractivity contribution is 7.20. The van der Waals surface area contributed by atoms with E-state index in [0.717, 1.165) is 4.70 Å². The first-order valence-electron chi connectivity index (χ1n) is 7.97. The lowest BCUT2D eigenvalue weighted by atomic mass is 10.1. The molecule has 0 spiro atoms. The summed E-state index contributed by atoms with van der Waals surface area (Å²) in [5.41, 5.74) is 0.784. The van der Waals surface area contributed by atoms with Gasteiger partial charge < -0.3 is 9.64 Å². The number of thiazole rings is 1. The van der Waals surface area contributed by atoms with Crippen molar-refractivity contribution in [1.29, 1.82) is 0 Å². The van der Waals surface area contributed by atoms with Gasteiger partial charge in [0, 0.05) is 25.9 Å². The summed E-state index contributed by atoms with van der Waals surface area (Å²) >= 11 is 14.5. The average Bonchev–Trinajstić information content (AvgIpc) is 3.18. The standard InChI is InChI=1S/C17H13Cl2FN2O2S2/c18-13-8-10(15(19)26-13)16(23)22-6-4-9(5-7-22)24-17-21-14-11(20)2-1-3-12(14)25-17/h1-3,8-9H,4-7H2. The minimum atomic E-state index is -0.347. The lowest BCUT2D eigenvalue weighted by Crippen LogP contribution is -2.41. The third-order valence-electron chi connectivity index (χ3n) is 4.23. The molecule has 0 unspecified atom stereocenters. The number of fused-ring (bicyclic) bond motifs is 1. The molecule has 3 heterocycles. The minimum absolute atomic E-state index is 0.0517. The number of hydrogen-bond acceptors (Lipinski definition) is 5. The lowest BCUT2D eigenvalue weighted by molar-refractivity contribution is 0.0596. The normalized spacial score (nSPS) is 15.6. The zero-order valence-corrected chi connectivity index (χ0v) is 16.5. The first kappa shape index (κ1) is 18.0. The van der Waals surface area contributed by atoms with Crippen LogP contribution in [0.2, 0.25) is 8.67 Å². The quantitative estimate of drug-likeness (QED) is 0.551. The van der Waals surface area contributed by atoms with Gasteiger partial charge in [-0.2, -0.15) is 4.98 Å². The van der Waals surface area contributed by atoms with Gasteiger partial charge in [0.2, 0.25) is 0 Å². The van der Waals surface area contributed by atoms with Crippen molar-refractivity contribution in [3.63, 3.8) is 0 Å². The smallest absolute Gasteiger partial charge is 0.274 e. The number of rotatable bonds is 3. The van der Waals surface area contributed by atoms with Crippen LogP contribution in [0, 0.1) is 5.82 Å². The second-order valence-electron chi connectivity index (χ2n) is 5.91. The van der Waals surface area contributed by atoms with Crippen molar-refractivity contribution < 1.29 is 13.9 Å². The topological polar surface area (TPSA) is 42.4 Å². The molecular weight excluding hydrogens is 418 g/mol. The molecule has 0 bridgehead atoms. The van der Waals surface area contributed by atoms with E-state index in [-0.39, 0.29) is 17.8 Å². The van der Waals surface area contributed by atoms with Gasteiger partial charge in [-0.25, -0.2) is 4.39 Å². The van der Waals surface area contributed by atoms with Crippen LogP contribution >= 0.6 is 45.9 Å². The molecule has 0 saturated carbocycles. The fourth-order valence-electron chi connectivity index (χ4n) is 2.92. The van der Waals surface area contributed by atoms with E-state index >= 15 is 0 Å². The molecule has 0 N–H and O–H groups in total. The second kappa shape index (κ2) is 7.31. The predicted molar refractivity (Wildman–Crippen MR) is 103 cm³/mol. The summed E-state index contributed by atoms with van der Waals surface area (Å²) in [6.07, 6.45) is 1.31. The van der Waals surface area contributed by atoms with E-state index in [1.165, 1.54) is 28.7 Å². The van der Waals surface area contributed by atoms with Crippen molar-refractivity contribution in [2.45, 2.75) is 18.9 Å². The fraction of sp³-hybridized carbons (Fsp3) is 0.294. The number of thiophene rings is 1. The Labute approximate surface area is 167 Å². The molecule has 136 valence electrons. The van der Waals surface area contributed by atoms with Crippen molar-refractivity contribution >= 4 is 62.0 Å². The van der Waals surface area contributed by atoms with E-state index in [9.17, 15) is 9.18 Å². The summed E-state index contributed by atoms with van der Waals surface area (Å²) < 4.78 is 21.3. The fourth-order valence-corrected chi connectivity index (χ4v) is 5.26.